The van der Waals surface area contributed by atoms with Crippen molar-refractivity contribution in [1.82, 2.24) is 0 Å². The predicted octanol–water partition coefficient (Wildman–Crippen LogP) is 3.12. The summed E-state index contributed by atoms with van der Waals surface area (Å²) >= 11 is 3.51. The molecule has 2 atom stereocenters. The van der Waals surface area contributed by atoms with Crippen molar-refractivity contribution in [3.05, 3.63) is 32.3 Å². The number of nitrogens with two attached hydrogens (primary N) is 1. The largest absolute Gasteiger partial charge is 0.365 e. The van der Waals surface area contributed by atoms with Gasteiger partial charge < -0.3 is 10.6 Å². The molecule has 2 aliphatic rings. The molecule has 2 heterocycles. The number of nitro benzene ring substituents is 1. The summed E-state index contributed by atoms with van der Waals surface area (Å²) in [6, 6.07) is 4.80. The number of fused-ring (bicyclic) bond motifs is 2. The quantitative estimate of drug-likeness (QED) is 0.663. The first-order chi connectivity index (χ1) is 9.47. The van der Waals surface area contributed by atoms with Gasteiger partial charge in [-0.05, 0) is 54.6 Å². The Morgan fingerprint density at radius 3 is 2.50 bits per heavy atom. The summed E-state index contributed by atoms with van der Waals surface area (Å²) in [6.07, 6.45) is 4.36. The molecule has 2 N–H and O–H groups in total. The Labute approximate surface area is 126 Å². The third kappa shape index (κ3) is 2.20. The summed E-state index contributed by atoms with van der Waals surface area (Å²) in [7, 11) is 0. The first kappa shape index (κ1) is 13.8. The summed E-state index contributed by atoms with van der Waals surface area (Å²) in [4.78, 5) is 13.1. The molecule has 0 aliphatic carbocycles. The smallest absolute Gasteiger partial charge is 0.273 e. The molecule has 2 saturated heterocycles. The zero-order valence-corrected chi connectivity index (χ0v) is 13.0. The number of benzene rings is 1. The van der Waals surface area contributed by atoms with E-state index in [9.17, 15) is 10.1 Å². The predicted molar refractivity (Wildman–Crippen MR) is 82.0 cm³/mol. The van der Waals surface area contributed by atoms with Crippen molar-refractivity contribution >= 4 is 27.3 Å². The van der Waals surface area contributed by atoms with Crippen LogP contribution in [0.2, 0.25) is 0 Å². The Bertz CT molecular complexity index is 550. The van der Waals surface area contributed by atoms with Crippen LogP contribution in [0, 0.1) is 17.0 Å². The first-order valence-electron chi connectivity index (χ1n) is 6.96. The maximum absolute atomic E-state index is 11.0. The van der Waals surface area contributed by atoms with Crippen LogP contribution in [0.25, 0.3) is 0 Å². The van der Waals surface area contributed by atoms with Gasteiger partial charge in [-0.25, -0.2) is 0 Å². The summed E-state index contributed by atoms with van der Waals surface area (Å²) in [5, 5.41) is 11.0. The second-order valence-electron chi connectivity index (χ2n) is 5.87. The van der Waals surface area contributed by atoms with E-state index < -0.39 is 0 Å². The lowest BCUT2D eigenvalue weighted by atomic mass is 9.97. The maximum Gasteiger partial charge on any atom is 0.273 e. The van der Waals surface area contributed by atoms with E-state index in [0.29, 0.717) is 23.7 Å². The fourth-order valence-electron chi connectivity index (χ4n) is 3.66. The van der Waals surface area contributed by atoms with E-state index >= 15 is 0 Å². The minimum Gasteiger partial charge on any atom is -0.365 e. The summed E-state index contributed by atoms with van der Waals surface area (Å²) < 4.78 is 0.808. The molecular formula is C14H18BrN3O2. The van der Waals surface area contributed by atoms with Crippen LogP contribution in [-0.2, 0) is 0 Å². The first-order valence-corrected chi connectivity index (χ1v) is 7.75. The molecule has 0 aromatic heterocycles. The maximum atomic E-state index is 11.0. The summed E-state index contributed by atoms with van der Waals surface area (Å²) in [5.74, 6) is 0. The standard InChI is InChI=1S/C14H18BrN3O2/c1-8-4-14(12(15)7-13(8)18(19)20)17-10-2-3-11(17)6-9(16)5-10/h4,7,9-11H,2-3,5-6,16H2,1H3. The topological polar surface area (TPSA) is 72.4 Å². The third-order valence-electron chi connectivity index (χ3n) is 4.51. The lowest BCUT2D eigenvalue weighted by molar-refractivity contribution is -0.385. The Balaban J connectivity index is 1.99. The number of aryl methyl sites for hydroxylation is 1. The van der Waals surface area contributed by atoms with Crippen molar-refractivity contribution in [2.75, 3.05) is 4.90 Å². The van der Waals surface area contributed by atoms with Gasteiger partial charge in [0, 0.05) is 34.2 Å². The minimum absolute atomic E-state index is 0.168. The van der Waals surface area contributed by atoms with E-state index in [-0.39, 0.29) is 10.6 Å². The van der Waals surface area contributed by atoms with Crippen LogP contribution in [-0.4, -0.2) is 23.0 Å². The highest BCUT2D eigenvalue weighted by molar-refractivity contribution is 9.10. The van der Waals surface area contributed by atoms with E-state index in [4.69, 9.17) is 5.73 Å². The molecule has 0 amide bonds. The van der Waals surface area contributed by atoms with Gasteiger partial charge in [-0.15, -0.1) is 0 Å². The molecule has 3 rings (SSSR count). The Hall–Kier alpha value is -1.14. The summed E-state index contributed by atoms with van der Waals surface area (Å²) in [6.45, 7) is 1.80. The molecule has 6 heteroatoms. The normalized spacial score (nSPS) is 28.8. The van der Waals surface area contributed by atoms with Gasteiger partial charge in [0.1, 0.15) is 0 Å². The van der Waals surface area contributed by atoms with E-state index in [1.807, 2.05) is 6.07 Å². The number of hydrogen-bond donors (Lipinski definition) is 1. The van der Waals surface area contributed by atoms with Gasteiger partial charge in [0.15, 0.2) is 0 Å². The highest BCUT2D eigenvalue weighted by Crippen LogP contribution is 2.43. The molecule has 0 radical (unpaired) electrons. The number of halogens is 1. The van der Waals surface area contributed by atoms with Gasteiger partial charge in [0.25, 0.3) is 5.69 Å². The number of nitro groups is 1. The van der Waals surface area contributed by atoms with Gasteiger partial charge in [0.2, 0.25) is 0 Å². The van der Waals surface area contributed by atoms with Gasteiger partial charge in [-0.2, -0.15) is 0 Å². The van der Waals surface area contributed by atoms with Crippen LogP contribution in [0.15, 0.2) is 16.6 Å². The molecule has 108 valence electrons. The Morgan fingerprint density at radius 1 is 1.35 bits per heavy atom. The van der Waals surface area contributed by atoms with Crippen LogP contribution in [0.4, 0.5) is 11.4 Å². The molecule has 1 aromatic rings. The van der Waals surface area contributed by atoms with Crippen molar-refractivity contribution < 1.29 is 4.92 Å². The fraction of sp³-hybridized carbons (Fsp3) is 0.571. The zero-order valence-electron chi connectivity index (χ0n) is 11.4. The average molecular weight is 340 g/mol. The number of rotatable bonds is 2. The van der Waals surface area contributed by atoms with Crippen molar-refractivity contribution in [3.8, 4) is 0 Å². The monoisotopic (exact) mass is 339 g/mol. The molecule has 2 unspecified atom stereocenters. The molecule has 0 saturated carbocycles. The van der Waals surface area contributed by atoms with Crippen molar-refractivity contribution in [1.29, 1.82) is 0 Å². The van der Waals surface area contributed by atoms with Gasteiger partial charge >= 0.3 is 0 Å². The molecule has 20 heavy (non-hydrogen) atoms. The highest BCUT2D eigenvalue weighted by atomic mass is 79.9. The Morgan fingerprint density at radius 2 is 1.95 bits per heavy atom. The molecule has 2 aliphatic heterocycles. The van der Waals surface area contributed by atoms with Gasteiger partial charge in [0.05, 0.1) is 10.6 Å². The van der Waals surface area contributed by atoms with E-state index in [1.165, 1.54) is 12.8 Å². The summed E-state index contributed by atoms with van der Waals surface area (Å²) in [5.41, 5.74) is 8.06. The molecular weight excluding hydrogens is 322 g/mol. The Kier molecular flexibility index (Phi) is 3.46. The number of piperidine rings is 1. The van der Waals surface area contributed by atoms with Crippen LogP contribution in [0.5, 0.6) is 0 Å². The third-order valence-corrected chi connectivity index (χ3v) is 5.14. The van der Waals surface area contributed by atoms with Crippen molar-refractivity contribution in [3.63, 3.8) is 0 Å². The molecule has 2 fully saturated rings. The number of nitrogens with zero attached hydrogens (tertiary/aromatic N) is 2. The second kappa shape index (κ2) is 5.00. The van der Waals surface area contributed by atoms with Gasteiger partial charge in [-0.1, -0.05) is 0 Å². The lowest BCUT2D eigenvalue weighted by Gasteiger charge is -2.40. The molecule has 1 aromatic carbocycles. The minimum atomic E-state index is -0.329. The number of hydrogen-bond acceptors (Lipinski definition) is 4. The van der Waals surface area contributed by atoms with E-state index in [0.717, 1.165) is 23.0 Å². The van der Waals surface area contributed by atoms with E-state index in [2.05, 4.69) is 20.8 Å². The van der Waals surface area contributed by atoms with Gasteiger partial charge in [-0.3, -0.25) is 10.1 Å². The molecule has 2 bridgehead atoms. The van der Waals surface area contributed by atoms with Crippen LogP contribution in [0.3, 0.4) is 0 Å². The zero-order chi connectivity index (χ0) is 14.4. The van der Waals surface area contributed by atoms with Crippen LogP contribution in [0.1, 0.15) is 31.2 Å². The van der Waals surface area contributed by atoms with Crippen LogP contribution < -0.4 is 10.6 Å². The SMILES string of the molecule is Cc1cc(N2C3CCC2CC(N)C3)c(Br)cc1[N+](=O)[O-]. The van der Waals surface area contributed by atoms with E-state index in [1.54, 1.807) is 13.0 Å². The number of anilines is 1. The molecule has 0 spiro atoms. The van der Waals surface area contributed by atoms with Crippen molar-refractivity contribution in [2.24, 2.45) is 5.73 Å². The fourth-order valence-corrected chi connectivity index (χ4v) is 4.20. The second-order valence-corrected chi connectivity index (χ2v) is 6.73. The average Bonchev–Trinajstić information content (AvgIpc) is 2.63. The van der Waals surface area contributed by atoms with Crippen LogP contribution >= 0.6 is 15.9 Å². The highest BCUT2D eigenvalue weighted by Gasteiger charge is 2.40. The lowest BCUT2D eigenvalue weighted by Crippen LogP contribution is -2.47. The molecule has 5 nitrogen and oxygen atoms in total. The van der Waals surface area contributed by atoms with Crippen molar-refractivity contribution in [2.45, 2.75) is 50.7 Å².